The highest BCUT2D eigenvalue weighted by atomic mass is 32.2. The van der Waals surface area contributed by atoms with Gasteiger partial charge in [-0.2, -0.15) is 0 Å². The number of fused-ring (bicyclic) bond motifs is 1. The van der Waals surface area contributed by atoms with Gasteiger partial charge in [0.25, 0.3) is 0 Å². The zero-order valence-corrected chi connectivity index (χ0v) is 20.6. The van der Waals surface area contributed by atoms with E-state index in [9.17, 15) is 13.2 Å². The molecule has 182 valence electrons. The molecule has 0 radical (unpaired) electrons. The SMILES string of the molecule is CC(C)Oc1ccc(NS(=O)(=O)CC(=O)NC(c2ccccc2)c2nc3ccccc3n2C)cc1. The highest BCUT2D eigenvalue weighted by Gasteiger charge is 2.25. The van der Waals surface area contributed by atoms with Crippen molar-refractivity contribution in [1.82, 2.24) is 14.9 Å². The molecule has 4 rings (SSSR count). The minimum atomic E-state index is -3.94. The smallest absolute Gasteiger partial charge is 0.241 e. The number of benzene rings is 3. The van der Waals surface area contributed by atoms with E-state index in [4.69, 9.17) is 9.72 Å². The minimum absolute atomic E-state index is 0.00936. The lowest BCUT2D eigenvalue weighted by Crippen LogP contribution is -2.36. The number of hydrogen-bond acceptors (Lipinski definition) is 5. The summed E-state index contributed by atoms with van der Waals surface area (Å²) in [5, 5.41) is 2.86. The van der Waals surface area contributed by atoms with Crippen molar-refractivity contribution in [3.63, 3.8) is 0 Å². The second-order valence-electron chi connectivity index (χ2n) is 8.48. The van der Waals surface area contributed by atoms with Crippen LogP contribution in [0, 0.1) is 0 Å². The maximum absolute atomic E-state index is 12.9. The summed E-state index contributed by atoms with van der Waals surface area (Å²) in [4.78, 5) is 17.6. The van der Waals surface area contributed by atoms with Crippen molar-refractivity contribution in [3.05, 3.63) is 90.3 Å². The number of para-hydroxylation sites is 2. The largest absolute Gasteiger partial charge is 0.491 e. The van der Waals surface area contributed by atoms with Crippen molar-refractivity contribution in [2.45, 2.75) is 26.0 Å². The van der Waals surface area contributed by atoms with Crippen molar-refractivity contribution in [3.8, 4) is 5.75 Å². The van der Waals surface area contributed by atoms with Gasteiger partial charge >= 0.3 is 0 Å². The molecule has 1 aromatic heterocycles. The first-order valence-electron chi connectivity index (χ1n) is 11.2. The molecule has 0 aliphatic heterocycles. The summed E-state index contributed by atoms with van der Waals surface area (Å²) in [6.45, 7) is 3.82. The highest BCUT2D eigenvalue weighted by Crippen LogP contribution is 2.25. The summed E-state index contributed by atoms with van der Waals surface area (Å²) >= 11 is 0. The quantitative estimate of drug-likeness (QED) is 0.368. The standard InChI is InChI=1S/C26H28N4O4S/c1-18(2)34-21-15-13-20(14-16-21)29-35(32,33)17-24(31)28-25(19-9-5-4-6-10-19)26-27-22-11-7-8-12-23(22)30(26)3/h4-16,18,25,29H,17H2,1-3H3,(H,28,31). The van der Waals surface area contributed by atoms with Crippen molar-refractivity contribution >= 4 is 32.7 Å². The second kappa shape index (κ2) is 10.2. The molecule has 35 heavy (non-hydrogen) atoms. The Bertz CT molecular complexity index is 1420. The van der Waals surface area contributed by atoms with Crippen LogP contribution in [0.15, 0.2) is 78.9 Å². The fourth-order valence-corrected chi connectivity index (χ4v) is 4.83. The third-order valence-corrected chi connectivity index (χ3v) is 6.53. The summed E-state index contributed by atoms with van der Waals surface area (Å²) in [5.74, 6) is -0.131. The van der Waals surface area contributed by atoms with E-state index in [1.54, 1.807) is 24.3 Å². The Balaban J connectivity index is 1.52. The molecule has 9 heteroatoms. The Morgan fingerprint density at radius 1 is 0.971 bits per heavy atom. The van der Waals surface area contributed by atoms with Crippen LogP contribution in [0.2, 0.25) is 0 Å². The van der Waals surface area contributed by atoms with Gasteiger partial charge in [0.2, 0.25) is 15.9 Å². The van der Waals surface area contributed by atoms with Gasteiger partial charge in [0.1, 0.15) is 23.4 Å². The number of carbonyl (C=O) groups excluding carboxylic acids is 1. The maximum Gasteiger partial charge on any atom is 0.241 e. The Morgan fingerprint density at radius 2 is 1.63 bits per heavy atom. The monoisotopic (exact) mass is 492 g/mol. The van der Waals surface area contributed by atoms with Gasteiger partial charge in [-0.05, 0) is 55.8 Å². The van der Waals surface area contributed by atoms with E-state index in [1.807, 2.05) is 80.1 Å². The predicted molar refractivity (Wildman–Crippen MR) is 137 cm³/mol. The van der Waals surface area contributed by atoms with Crippen molar-refractivity contribution < 1.29 is 17.9 Å². The van der Waals surface area contributed by atoms with Gasteiger partial charge in [-0.1, -0.05) is 42.5 Å². The fraction of sp³-hybridized carbons (Fsp3) is 0.231. The molecule has 1 unspecified atom stereocenters. The fourth-order valence-electron chi connectivity index (χ4n) is 3.83. The molecule has 0 spiro atoms. The number of nitrogens with one attached hydrogen (secondary N) is 2. The Kier molecular flexibility index (Phi) is 7.07. The van der Waals surface area contributed by atoms with E-state index < -0.39 is 27.7 Å². The lowest BCUT2D eigenvalue weighted by molar-refractivity contribution is -0.119. The molecule has 1 heterocycles. The number of ether oxygens (including phenoxy) is 1. The van der Waals surface area contributed by atoms with E-state index >= 15 is 0 Å². The summed E-state index contributed by atoms with van der Waals surface area (Å²) in [6, 6.07) is 22.9. The summed E-state index contributed by atoms with van der Waals surface area (Å²) in [6.07, 6.45) is 0.00936. The zero-order valence-electron chi connectivity index (χ0n) is 19.8. The number of hydrogen-bond donors (Lipinski definition) is 2. The van der Waals surface area contributed by atoms with Crippen LogP contribution in [0.5, 0.6) is 5.75 Å². The zero-order chi connectivity index (χ0) is 25.0. The molecule has 0 aliphatic rings. The van der Waals surface area contributed by atoms with Crippen LogP contribution < -0.4 is 14.8 Å². The third kappa shape index (κ3) is 5.99. The number of amides is 1. The van der Waals surface area contributed by atoms with Gasteiger partial charge in [-0.25, -0.2) is 13.4 Å². The predicted octanol–water partition coefficient (Wildman–Crippen LogP) is 4.01. The maximum atomic E-state index is 12.9. The number of imidazole rings is 1. The average Bonchev–Trinajstić information content (AvgIpc) is 3.15. The van der Waals surface area contributed by atoms with E-state index in [1.165, 1.54) is 0 Å². The first kappa shape index (κ1) is 24.3. The second-order valence-corrected chi connectivity index (χ2v) is 10.2. The Labute approximate surface area is 205 Å². The number of sulfonamides is 1. The van der Waals surface area contributed by atoms with E-state index in [0.717, 1.165) is 16.6 Å². The third-order valence-electron chi connectivity index (χ3n) is 5.34. The molecule has 1 atom stereocenters. The van der Waals surface area contributed by atoms with Crippen molar-refractivity contribution in [2.24, 2.45) is 7.05 Å². The van der Waals surface area contributed by atoms with E-state index in [2.05, 4.69) is 10.0 Å². The molecule has 0 bridgehead atoms. The molecular formula is C26H28N4O4S. The molecule has 2 N–H and O–H groups in total. The number of rotatable bonds is 9. The van der Waals surface area contributed by atoms with Crippen LogP contribution >= 0.6 is 0 Å². The van der Waals surface area contributed by atoms with Gasteiger partial charge in [0.05, 0.1) is 17.1 Å². The van der Waals surface area contributed by atoms with Crippen LogP contribution in [-0.4, -0.2) is 35.7 Å². The van der Waals surface area contributed by atoms with Gasteiger partial charge < -0.3 is 14.6 Å². The molecule has 3 aromatic carbocycles. The molecule has 0 aliphatic carbocycles. The van der Waals surface area contributed by atoms with Crippen LogP contribution in [0.1, 0.15) is 31.3 Å². The summed E-state index contributed by atoms with van der Waals surface area (Å²) < 4.78 is 35.4. The molecule has 4 aromatic rings. The van der Waals surface area contributed by atoms with Crippen LogP contribution in [0.25, 0.3) is 11.0 Å². The first-order valence-corrected chi connectivity index (χ1v) is 12.9. The summed E-state index contributed by atoms with van der Waals surface area (Å²) in [7, 11) is -2.07. The molecule has 8 nitrogen and oxygen atoms in total. The first-order chi connectivity index (χ1) is 16.7. The lowest BCUT2D eigenvalue weighted by atomic mass is 10.1. The number of carbonyl (C=O) groups is 1. The van der Waals surface area contributed by atoms with Gasteiger partial charge in [0.15, 0.2) is 0 Å². The van der Waals surface area contributed by atoms with Crippen molar-refractivity contribution in [2.75, 3.05) is 10.5 Å². The number of anilines is 1. The van der Waals surface area contributed by atoms with Gasteiger partial charge in [-0.15, -0.1) is 0 Å². The van der Waals surface area contributed by atoms with Gasteiger partial charge in [-0.3, -0.25) is 9.52 Å². The summed E-state index contributed by atoms with van der Waals surface area (Å²) in [5.41, 5.74) is 2.85. The van der Waals surface area contributed by atoms with Crippen LogP contribution in [-0.2, 0) is 21.9 Å². The highest BCUT2D eigenvalue weighted by molar-refractivity contribution is 7.93. The molecule has 0 saturated heterocycles. The average molecular weight is 493 g/mol. The van der Waals surface area contributed by atoms with Crippen molar-refractivity contribution in [1.29, 1.82) is 0 Å². The number of nitrogens with zero attached hydrogens (tertiary/aromatic N) is 2. The van der Waals surface area contributed by atoms with Crippen LogP contribution in [0.3, 0.4) is 0 Å². The number of aryl methyl sites for hydroxylation is 1. The van der Waals surface area contributed by atoms with Gasteiger partial charge in [0, 0.05) is 12.7 Å². The minimum Gasteiger partial charge on any atom is -0.491 e. The topological polar surface area (TPSA) is 102 Å². The molecule has 0 saturated carbocycles. The normalized spacial score (nSPS) is 12.5. The lowest BCUT2D eigenvalue weighted by Gasteiger charge is -2.19. The Morgan fingerprint density at radius 3 is 2.29 bits per heavy atom. The van der Waals surface area contributed by atoms with Crippen LogP contribution in [0.4, 0.5) is 5.69 Å². The van der Waals surface area contributed by atoms with E-state index in [-0.39, 0.29) is 6.10 Å². The number of aromatic nitrogens is 2. The molecular weight excluding hydrogens is 464 g/mol. The molecule has 0 fully saturated rings. The van der Waals surface area contributed by atoms with E-state index in [0.29, 0.717) is 17.3 Å². The molecule has 1 amide bonds. The Hall–Kier alpha value is -3.85.